The van der Waals surface area contributed by atoms with Crippen molar-refractivity contribution in [3.05, 3.63) is 41.7 Å². The second-order valence-corrected chi connectivity index (χ2v) is 4.44. The summed E-state index contributed by atoms with van der Waals surface area (Å²) in [5.41, 5.74) is 7.90. The Morgan fingerprint density at radius 2 is 2.19 bits per heavy atom. The van der Waals surface area contributed by atoms with Crippen molar-refractivity contribution < 1.29 is 4.74 Å². The lowest BCUT2D eigenvalue weighted by Crippen LogP contribution is -2.12. The molecule has 2 aromatic rings. The Bertz CT molecular complexity index is 634. The molecule has 1 aromatic heterocycles. The van der Waals surface area contributed by atoms with Crippen molar-refractivity contribution in [2.45, 2.75) is 13.8 Å². The van der Waals surface area contributed by atoms with Crippen molar-refractivity contribution in [1.29, 1.82) is 5.41 Å². The highest BCUT2D eigenvalue weighted by Crippen LogP contribution is 2.23. The van der Waals surface area contributed by atoms with Crippen LogP contribution >= 0.6 is 12.4 Å². The number of aromatic nitrogens is 4. The summed E-state index contributed by atoms with van der Waals surface area (Å²) < 4.78 is 7.18. The summed E-state index contributed by atoms with van der Waals surface area (Å²) in [5.74, 6) is 0.606. The predicted octanol–water partition coefficient (Wildman–Crippen LogP) is 1.71. The van der Waals surface area contributed by atoms with Gasteiger partial charge in [0, 0.05) is 5.56 Å². The number of hydrogen-bond acceptors (Lipinski definition) is 5. The van der Waals surface area contributed by atoms with Crippen LogP contribution in [0.5, 0.6) is 5.75 Å². The number of allylic oxidation sites excluding steroid dienone is 1. The molecular formula is C13H17ClN6O. The number of tetrazole rings is 1. The van der Waals surface area contributed by atoms with Gasteiger partial charge in [0.2, 0.25) is 0 Å². The highest BCUT2D eigenvalue weighted by Gasteiger charge is 2.10. The van der Waals surface area contributed by atoms with Crippen molar-refractivity contribution >= 4 is 18.2 Å². The molecule has 7 nitrogen and oxygen atoms in total. The number of ether oxygens (including phenoxy) is 1. The molecule has 0 unspecified atom stereocenters. The van der Waals surface area contributed by atoms with Crippen LogP contribution in [0, 0.1) is 5.41 Å². The summed E-state index contributed by atoms with van der Waals surface area (Å²) in [5, 5.41) is 18.5. The van der Waals surface area contributed by atoms with Gasteiger partial charge in [0.15, 0.2) is 0 Å². The first-order valence-electron chi connectivity index (χ1n) is 6.06. The van der Waals surface area contributed by atoms with Gasteiger partial charge in [0.25, 0.3) is 0 Å². The highest BCUT2D eigenvalue weighted by atomic mass is 35.5. The van der Waals surface area contributed by atoms with E-state index in [1.165, 1.54) is 16.6 Å². The number of nitrogens with two attached hydrogens (primary N) is 1. The Hall–Kier alpha value is -2.41. The summed E-state index contributed by atoms with van der Waals surface area (Å²) in [4.78, 5) is 0. The molecule has 112 valence electrons. The fraction of sp³-hybridized carbons (Fsp3) is 0.231. The molecule has 0 fully saturated rings. The standard InChI is InChI=1S/C13H16N6O.ClH/c1-9(2)5-6-20-12-4-3-10(13(14)15)7-11(12)19-8-16-17-18-19;/h3-5,7-8H,6H2,1-2H3,(H3,14,15);1H. The molecule has 0 radical (unpaired) electrons. The van der Waals surface area contributed by atoms with Crippen LogP contribution in [0.15, 0.2) is 36.2 Å². The molecule has 2 rings (SSSR count). The Kier molecular flexibility index (Phi) is 5.86. The van der Waals surface area contributed by atoms with Crippen LogP contribution in [-0.4, -0.2) is 32.6 Å². The quantitative estimate of drug-likeness (QED) is 0.497. The third kappa shape index (κ3) is 4.28. The fourth-order valence-corrected chi connectivity index (χ4v) is 1.56. The summed E-state index contributed by atoms with van der Waals surface area (Å²) in [6, 6.07) is 5.21. The molecule has 3 N–H and O–H groups in total. The van der Waals surface area contributed by atoms with Crippen LogP contribution in [0.4, 0.5) is 0 Å². The van der Waals surface area contributed by atoms with Gasteiger partial charge in [-0.3, -0.25) is 5.41 Å². The van der Waals surface area contributed by atoms with E-state index in [1.807, 2.05) is 19.9 Å². The number of benzene rings is 1. The van der Waals surface area contributed by atoms with E-state index in [-0.39, 0.29) is 18.2 Å². The maximum absolute atomic E-state index is 7.49. The van der Waals surface area contributed by atoms with E-state index in [9.17, 15) is 0 Å². The molecule has 1 aromatic carbocycles. The molecule has 0 spiro atoms. The maximum Gasteiger partial charge on any atom is 0.145 e. The second-order valence-electron chi connectivity index (χ2n) is 4.44. The van der Waals surface area contributed by atoms with Gasteiger partial charge in [-0.05, 0) is 48.5 Å². The number of nitrogen functional groups attached to an aromatic ring is 1. The van der Waals surface area contributed by atoms with E-state index in [0.29, 0.717) is 23.6 Å². The monoisotopic (exact) mass is 308 g/mol. The number of halogens is 1. The SMILES string of the molecule is CC(C)=CCOc1ccc(C(=N)N)cc1-n1cnnn1.Cl. The molecule has 0 aliphatic heterocycles. The fourth-order valence-electron chi connectivity index (χ4n) is 1.56. The van der Waals surface area contributed by atoms with E-state index in [0.717, 1.165) is 0 Å². The molecule has 21 heavy (non-hydrogen) atoms. The summed E-state index contributed by atoms with van der Waals surface area (Å²) in [6.45, 7) is 4.46. The predicted molar refractivity (Wildman–Crippen MR) is 82.3 cm³/mol. The zero-order valence-corrected chi connectivity index (χ0v) is 12.6. The van der Waals surface area contributed by atoms with Crippen molar-refractivity contribution in [1.82, 2.24) is 20.2 Å². The van der Waals surface area contributed by atoms with Gasteiger partial charge in [-0.25, -0.2) is 0 Å². The van der Waals surface area contributed by atoms with E-state index in [2.05, 4.69) is 15.5 Å². The lowest BCUT2D eigenvalue weighted by atomic mass is 10.1. The largest absolute Gasteiger partial charge is 0.487 e. The Balaban J connectivity index is 0.00000220. The first-order valence-corrected chi connectivity index (χ1v) is 6.06. The Morgan fingerprint density at radius 3 is 2.76 bits per heavy atom. The van der Waals surface area contributed by atoms with Crippen molar-refractivity contribution in [2.24, 2.45) is 5.73 Å². The molecule has 0 aliphatic rings. The van der Waals surface area contributed by atoms with Crippen molar-refractivity contribution in [3.63, 3.8) is 0 Å². The third-order valence-corrected chi connectivity index (χ3v) is 2.60. The molecule has 0 aliphatic carbocycles. The number of hydrogen-bond donors (Lipinski definition) is 2. The number of nitrogens with one attached hydrogen (secondary N) is 1. The normalized spacial score (nSPS) is 9.62. The minimum Gasteiger partial charge on any atom is -0.487 e. The van der Waals surface area contributed by atoms with Gasteiger partial charge in [0.1, 0.15) is 30.2 Å². The maximum atomic E-state index is 7.49. The molecule has 0 saturated carbocycles. The molecule has 8 heteroatoms. The van der Waals surface area contributed by atoms with Crippen LogP contribution in [0.1, 0.15) is 19.4 Å². The highest BCUT2D eigenvalue weighted by molar-refractivity contribution is 5.95. The van der Waals surface area contributed by atoms with Crippen LogP contribution in [-0.2, 0) is 0 Å². The molecular weight excluding hydrogens is 292 g/mol. The first-order chi connectivity index (χ1) is 9.58. The molecule has 0 bridgehead atoms. The van der Waals surface area contributed by atoms with Gasteiger partial charge in [-0.1, -0.05) is 5.57 Å². The van der Waals surface area contributed by atoms with Gasteiger partial charge < -0.3 is 10.5 Å². The third-order valence-electron chi connectivity index (χ3n) is 2.60. The van der Waals surface area contributed by atoms with Gasteiger partial charge >= 0.3 is 0 Å². The molecule has 0 amide bonds. The van der Waals surface area contributed by atoms with Gasteiger partial charge in [-0.15, -0.1) is 17.5 Å². The summed E-state index contributed by atoms with van der Waals surface area (Å²) in [7, 11) is 0. The van der Waals surface area contributed by atoms with Crippen LogP contribution in [0.3, 0.4) is 0 Å². The second kappa shape index (κ2) is 7.39. The van der Waals surface area contributed by atoms with E-state index in [4.69, 9.17) is 15.9 Å². The number of amidine groups is 1. The smallest absolute Gasteiger partial charge is 0.145 e. The zero-order valence-electron chi connectivity index (χ0n) is 11.8. The average Bonchev–Trinajstić information content (AvgIpc) is 2.92. The van der Waals surface area contributed by atoms with E-state index >= 15 is 0 Å². The minimum atomic E-state index is -0.0184. The van der Waals surface area contributed by atoms with Crippen molar-refractivity contribution in [2.75, 3.05) is 6.61 Å². The molecule has 0 atom stereocenters. The van der Waals surface area contributed by atoms with Gasteiger partial charge in [0.05, 0.1) is 0 Å². The average molecular weight is 309 g/mol. The van der Waals surface area contributed by atoms with E-state index in [1.54, 1.807) is 18.2 Å². The van der Waals surface area contributed by atoms with Gasteiger partial charge in [-0.2, -0.15) is 4.68 Å². The number of nitrogens with zero attached hydrogens (tertiary/aromatic N) is 4. The Morgan fingerprint density at radius 1 is 1.43 bits per heavy atom. The summed E-state index contributed by atoms with van der Waals surface area (Å²) >= 11 is 0. The zero-order chi connectivity index (χ0) is 14.5. The van der Waals surface area contributed by atoms with Crippen molar-refractivity contribution in [3.8, 4) is 11.4 Å². The lowest BCUT2D eigenvalue weighted by Gasteiger charge is -2.11. The van der Waals surface area contributed by atoms with Crippen LogP contribution in [0.25, 0.3) is 5.69 Å². The summed E-state index contributed by atoms with van der Waals surface area (Å²) in [6.07, 6.45) is 3.44. The molecule has 1 heterocycles. The molecule has 0 saturated heterocycles. The van der Waals surface area contributed by atoms with E-state index < -0.39 is 0 Å². The lowest BCUT2D eigenvalue weighted by molar-refractivity contribution is 0.359. The van der Waals surface area contributed by atoms with Crippen LogP contribution in [0.2, 0.25) is 0 Å². The Labute approximate surface area is 128 Å². The topological polar surface area (TPSA) is 103 Å². The minimum absolute atomic E-state index is 0. The first kappa shape index (κ1) is 16.6. The number of rotatable bonds is 5. The van der Waals surface area contributed by atoms with Crippen LogP contribution < -0.4 is 10.5 Å².